The molecule has 1 aromatic heterocycles. The molecule has 0 saturated carbocycles. The quantitative estimate of drug-likeness (QED) is 0.634. The summed E-state index contributed by atoms with van der Waals surface area (Å²) in [5.41, 5.74) is 0.284. The molecule has 0 bridgehead atoms. The highest BCUT2D eigenvalue weighted by Gasteiger charge is 2.13. The first-order chi connectivity index (χ1) is 7.00. The number of carbonyl (C=O) groups excluding carboxylic acids is 1. The van der Waals surface area contributed by atoms with E-state index < -0.39 is 5.97 Å². The lowest BCUT2D eigenvalue weighted by Gasteiger charge is -2.07. The van der Waals surface area contributed by atoms with Crippen molar-refractivity contribution in [1.29, 1.82) is 0 Å². The highest BCUT2D eigenvalue weighted by atomic mass is 79.9. The van der Waals surface area contributed by atoms with Gasteiger partial charge in [-0.1, -0.05) is 25.4 Å². The Labute approximate surface area is 102 Å². The van der Waals surface area contributed by atoms with Crippen molar-refractivity contribution in [3.05, 3.63) is 27.5 Å². The molecule has 0 saturated heterocycles. The third kappa shape index (κ3) is 3.80. The third-order valence-corrected chi connectivity index (χ3v) is 2.31. The second kappa shape index (κ2) is 5.47. The lowest BCUT2D eigenvalue weighted by molar-refractivity contribution is 0.0458. The second-order valence-electron chi connectivity index (χ2n) is 3.48. The summed E-state index contributed by atoms with van der Waals surface area (Å²) < 4.78 is 5.74. The topological polar surface area (TPSA) is 39.2 Å². The highest BCUT2D eigenvalue weighted by Crippen LogP contribution is 2.19. The van der Waals surface area contributed by atoms with Crippen LogP contribution >= 0.6 is 27.5 Å². The number of nitrogens with zero attached hydrogens (tertiary/aromatic N) is 1. The maximum Gasteiger partial charge on any atom is 0.341 e. The smallest absolute Gasteiger partial charge is 0.341 e. The van der Waals surface area contributed by atoms with Gasteiger partial charge in [0.05, 0.1) is 12.2 Å². The van der Waals surface area contributed by atoms with Crippen LogP contribution < -0.4 is 0 Å². The van der Waals surface area contributed by atoms with E-state index in [-0.39, 0.29) is 10.7 Å². The average molecular weight is 293 g/mol. The van der Waals surface area contributed by atoms with Crippen molar-refractivity contribution in [2.45, 2.75) is 13.8 Å². The summed E-state index contributed by atoms with van der Waals surface area (Å²) in [5, 5.41) is 0.159. The van der Waals surface area contributed by atoms with Gasteiger partial charge in [-0.05, 0) is 27.9 Å². The number of pyridine rings is 1. The molecule has 0 atom stereocenters. The van der Waals surface area contributed by atoms with Crippen molar-refractivity contribution in [2.24, 2.45) is 5.92 Å². The van der Waals surface area contributed by atoms with E-state index in [0.29, 0.717) is 17.0 Å². The lowest BCUT2D eigenvalue weighted by atomic mass is 10.2. The Morgan fingerprint density at radius 1 is 1.67 bits per heavy atom. The van der Waals surface area contributed by atoms with Crippen LogP contribution in [0.4, 0.5) is 0 Å². The van der Waals surface area contributed by atoms with Gasteiger partial charge < -0.3 is 4.74 Å². The van der Waals surface area contributed by atoms with Gasteiger partial charge in [-0.3, -0.25) is 0 Å². The number of hydrogen-bond donors (Lipinski definition) is 0. The first-order valence-corrected chi connectivity index (χ1v) is 5.66. The number of aromatic nitrogens is 1. The van der Waals surface area contributed by atoms with Crippen molar-refractivity contribution in [3.63, 3.8) is 0 Å². The largest absolute Gasteiger partial charge is 0.462 e. The SMILES string of the molecule is CC(C)COC(=O)c1cc(Br)cnc1Cl. The van der Waals surface area contributed by atoms with Crippen molar-refractivity contribution >= 4 is 33.5 Å². The van der Waals surface area contributed by atoms with Gasteiger partial charge in [-0.25, -0.2) is 9.78 Å². The summed E-state index contributed by atoms with van der Waals surface area (Å²) in [5.74, 6) is -0.143. The molecule has 0 fully saturated rings. The number of ether oxygens (including phenoxy) is 1. The van der Waals surface area contributed by atoms with Crippen LogP contribution in [0.5, 0.6) is 0 Å². The number of carbonyl (C=O) groups is 1. The maximum atomic E-state index is 11.6. The summed E-state index contributed by atoms with van der Waals surface area (Å²) in [6, 6.07) is 1.60. The second-order valence-corrected chi connectivity index (χ2v) is 4.76. The molecule has 0 radical (unpaired) electrons. The van der Waals surface area contributed by atoms with Crippen molar-refractivity contribution in [3.8, 4) is 0 Å². The van der Waals surface area contributed by atoms with Crippen LogP contribution in [0.1, 0.15) is 24.2 Å². The number of hydrogen-bond acceptors (Lipinski definition) is 3. The van der Waals surface area contributed by atoms with Crippen LogP contribution in [-0.2, 0) is 4.74 Å². The fourth-order valence-electron chi connectivity index (χ4n) is 0.886. The minimum atomic E-state index is -0.442. The molecule has 0 aromatic carbocycles. The molecule has 1 aromatic rings. The van der Waals surface area contributed by atoms with Gasteiger partial charge in [-0.2, -0.15) is 0 Å². The van der Waals surface area contributed by atoms with Crippen molar-refractivity contribution in [2.75, 3.05) is 6.61 Å². The monoisotopic (exact) mass is 291 g/mol. The molecule has 15 heavy (non-hydrogen) atoms. The van der Waals surface area contributed by atoms with E-state index in [1.807, 2.05) is 13.8 Å². The van der Waals surface area contributed by atoms with E-state index in [9.17, 15) is 4.79 Å². The van der Waals surface area contributed by atoms with Gasteiger partial charge in [0, 0.05) is 10.7 Å². The van der Waals surface area contributed by atoms with E-state index in [0.717, 1.165) is 0 Å². The Morgan fingerprint density at radius 2 is 2.33 bits per heavy atom. The van der Waals surface area contributed by atoms with E-state index in [4.69, 9.17) is 16.3 Å². The predicted molar refractivity (Wildman–Crippen MR) is 62.1 cm³/mol. The number of rotatable bonds is 3. The third-order valence-electron chi connectivity index (χ3n) is 1.57. The Bertz CT molecular complexity index is 368. The predicted octanol–water partition coefficient (Wildman–Crippen LogP) is 3.31. The molecule has 0 amide bonds. The standard InChI is InChI=1S/C10H11BrClNO2/c1-6(2)5-15-10(14)8-3-7(11)4-13-9(8)12/h3-4,6H,5H2,1-2H3. The van der Waals surface area contributed by atoms with Crippen LogP contribution in [0.2, 0.25) is 5.15 Å². The molecule has 1 rings (SSSR count). The molecule has 0 aliphatic rings. The molecular formula is C10H11BrClNO2. The molecule has 5 heteroatoms. The van der Waals surface area contributed by atoms with Crippen LogP contribution in [0.25, 0.3) is 0 Å². The fraction of sp³-hybridized carbons (Fsp3) is 0.400. The average Bonchev–Trinajstić information content (AvgIpc) is 2.18. The zero-order chi connectivity index (χ0) is 11.4. The molecule has 0 N–H and O–H groups in total. The van der Waals surface area contributed by atoms with Crippen LogP contribution in [0.3, 0.4) is 0 Å². The maximum absolute atomic E-state index is 11.6. The van der Waals surface area contributed by atoms with Crippen molar-refractivity contribution in [1.82, 2.24) is 4.98 Å². The van der Waals surface area contributed by atoms with Gasteiger partial charge in [0.25, 0.3) is 0 Å². The summed E-state index contributed by atoms with van der Waals surface area (Å²) in [6.45, 7) is 4.31. The molecule has 0 spiro atoms. The minimum Gasteiger partial charge on any atom is -0.462 e. The molecule has 0 aliphatic heterocycles. The van der Waals surface area contributed by atoms with Crippen LogP contribution in [0.15, 0.2) is 16.7 Å². The number of halogens is 2. The van der Waals surface area contributed by atoms with Crippen LogP contribution in [-0.4, -0.2) is 17.6 Å². The van der Waals surface area contributed by atoms with E-state index in [1.165, 1.54) is 6.20 Å². The Hall–Kier alpha value is -0.610. The Morgan fingerprint density at radius 3 is 2.93 bits per heavy atom. The molecular weight excluding hydrogens is 281 g/mol. The highest BCUT2D eigenvalue weighted by molar-refractivity contribution is 9.10. The first-order valence-electron chi connectivity index (χ1n) is 4.49. The summed E-state index contributed by atoms with van der Waals surface area (Å²) >= 11 is 8.99. The zero-order valence-corrected chi connectivity index (χ0v) is 10.8. The molecule has 0 aliphatic carbocycles. The van der Waals surface area contributed by atoms with Crippen LogP contribution in [0, 0.1) is 5.92 Å². The Kier molecular flexibility index (Phi) is 4.54. The molecule has 1 heterocycles. The summed E-state index contributed by atoms with van der Waals surface area (Å²) in [4.78, 5) is 15.4. The van der Waals surface area contributed by atoms with Gasteiger partial charge in [0.2, 0.25) is 0 Å². The van der Waals surface area contributed by atoms with E-state index >= 15 is 0 Å². The molecule has 0 unspecified atom stereocenters. The zero-order valence-electron chi connectivity index (χ0n) is 8.46. The molecule has 3 nitrogen and oxygen atoms in total. The van der Waals surface area contributed by atoms with Gasteiger partial charge >= 0.3 is 5.97 Å². The minimum absolute atomic E-state index is 0.159. The van der Waals surface area contributed by atoms with E-state index in [1.54, 1.807) is 6.07 Å². The summed E-state index contributed by atoms with van der Waals surface area (Å²) in [7, 11) is 0. The van der Waals surface area contributed by atoms with Gasteiger partial charge in [0.1, 0.15) is 5.15 Å². The van der Waals surface area contributed by atoms with Crippen molar-refractivity contribution < 1.29 is 9.53 Å². The fourth-order valence-corrected chi connectivity index (χ4v) is 1.40. The van der Waals surface area contributed by atoms with Gasteiger partial charge in [-0.15, -0.1) is 0 Å². The van der Waals surface area contributed by atoms with Gasteiger partial charge in [0.15, 0.2) is 0 Å². The Balaban J connectivity index is 2.77. The normalized spacial score (nSPS) is 10.5. The summed E-state index contributed by atoms with van der Waals surface area (Å²) in [6.07, 6.45) is 1.53. The molecule has 82 valence electrons. The first kappa shape index (κ1) is 12.5. The van der Waals surface area contributed by atoms with E-state index in [2.05, 4.69) is 20.9 Å². The number of esters is 1. The lowest BCUT2D eigenvalue weighted by Crippen LogP contribution is -2.11.